The van der Waals surface area contributed by atoms with E-state index in [2.05, 4.69) is 0 Å². The lowest BCUT2D eigenvalue weighted by molar-refractivity contribution is -0.122. The maximum Gasteiger partial charge on any atom is 0.277 e. The zero-order valence-electron chi connectivity index (χ0n) is 9.05. The first kappa shape index (κ1) is 13.5. The number of amides is 1. The number of carbonyl (C=O) groups is 1. The van der Waals surface area contributed by atoms with Crippen LogP contribution in [0.2, 0.25) is 0 Å². The summed E-state index contributed by atoms with van der Waals surface area (Å²) in [4.78, 5) is 11.3. The second kappa shape index (κ2) is 5.67. The third-order valence-corrected chi connectivity index (χ3v) is 2.15. The van der Waals surface area contributed by atoms with Gasteiger partial charge >= 0.3 is 0 Å². The Morgan fingerprint density at radius 1 is 1.35 bits per heavy atom. The van der Waals surface area contributed by atoms with Crippen LogP contribution in [0.3, 0.4) is 0 Å². The van der Waals surface area contributed by atoms with Gasteiger partial charge < -0.3 is 11.1 Å². The molecule has 0 atom stereocenters. The van der Waals surface area contributed by atoms with Crippen molar-refractivity contribution < 1.29 is 18.0 Å². The Labute approximate surface area is 96.8 Å². The van der Waals surface area contributed by atoms with E-state index in [0.717, 1.165) is 0 Å². The van der Waals surface area contributed by atoms with Crippen LogP contribution in [0.25, 0.3) is 0 Å². The van der Waals surface area contributed by atoms with Crippen LogP contribution in [-0.4, -0.2) is 24.9 Å². The predicted octanol–water partition coefficient (Wildman–Crippen LogP) is 1.08. The number of hydrogen-bond donors (Lipinski definition) is 2. The van der Waals surface area contributed by atoms with Gasteiger partial charge in [-0.3, -0.25) is 4.79 Å². The highest BCUT2D eigenvalue weighted by atomic mass is 19.3. The summed E-state index contributed by atoms with van der Waals surface area (Å²) in [6.07, 6.45) is -0.271. The molecule has 3 nitrogen and oxygen atoms in total. The monoisotopic (exact) mass is 246 g/mol. The average Bonchev–Trinajstić information content (AvgIpc) is 2.30. The number of alkyl halides is 2. The van der Waals surface area contributed by atoms with Gasteiger partial charge in [0.2, 0.25) is 5.91 Å². The van der Waals surface area contributed by atoms with Crippen molar-refractivity contribution in [2.45, 2.75) is 12.3 Å². The average molecular weight is 246 g/mol. The highest BCUT2D eigenvalue weighted by Crippen LogP contribution is 2.10. The molecule has 0 radical (unpaired) electrons. The zero-order valence-corrected chi connectivity index (χ0v) is 9.05. The number of benzene rings is 1. The molecule has 0 bridgehead atoms. The summed E-state index contributed by atoms with van der Waals surface area (Å²) in [6.45, 7) is -1.68. The molecule has 0 spiro atoms. The third kappa shape index (κ3) is 4.44. The molecule has 94 valence electrons. The minimum Gasteiger partial charge on any atom is -0.350 e. The van der Waals surface area contributed by atoms with Crippen LogP contribution in [0, 0.1) is 5.82 Å². The van der Waals surface area contributed by atoms with Crippen molar-refractivity contribution in [3.8, 4) is 0 Å². The molecule has 0 saturated carbocycles. The molecular weight excluding hydrogens is 233 g/mol. The molecule has 6 heteroatoms. The first-order valence-corrected chi connectivity index (χ1v) is 5.02. The molecule has 0 heterocycles. The molecule has 3 N–H and O–H groups in total. The van der Waals surface area contributed by atoms with E-state index in [1.807, 2.05) is 5.32 Å². The molecule has 0 aliphatic carbocycles. The Hall–Kier alpha value is -1.56. The molecule has 0 aliphatic heterocycles. The van der Waals surface area contributed by atoms with Crippen molar-refractivity contribution in [2.75, 3.05) is 13.1 Å². The number of rotatable bonds is 5. The summed E-state index contributed by atoms with van der Waals surface area (Å²) in [5, 5.41) is 2.01. The summed E-state index contributed by atoms with van der Waals surface area (Å²) in [5.41, 5.74) is 4.98. The Morgan fingerprint density at radius 2 is 2.00 bits per heavy atom. The Kier molecular flexibility index (Phi) is 4.51. The Bertz CT molecular complexity index is 396. The molecule has 0 unspecified atom stereocenters. The lowest BCUT2D eigenvalue weighted by atomic mass is 10.1. The van der Waals surface area contributed by atoms with E-state index in [1.165, 1.54) is 18.2 Å². The van der Waals surface area contributed by atoms with Crippen LogP contribution < -0.4 is 11.1 Å². The lowest BCUT2D eigenvalue weighted by Crippen LogP contribution is -2.42. The Balaban J connectivity index is 2.48. The SMILES string of the molecule is NCC(F)(F)CNC(=O)Cc1ccccc1F. The lowest BCUT2D eigenvalue weighted by Gasteiger charge is -2.14. The van der Waals surface area contributed by atoms with Gasteiger partial charge in [0.1, 0.15) is 5.82 Å². The van der Waals surface area contributed by atoms with Crippen LogP contribution in [0.1, 0.15) is 5.56 Å². The normalized spacial score (nSPS) is 11.3. The Morgan fingerprint density at radius 3 is 2.59 bits per heavy atom. The van der Waals surface area contributed by atoms with Crippen LogP contribution in [0.15, 0.2) is 24.3 Å². The van der Waals surface area contributed by atoms with E-state index >= 15 is 0 Å². The quantitative estimate of drug-likeness (QED) is 0.816. The molecule has 1 rings (SSSR count). The fourth-order valence-electron chi connectivity index (χ4n) is 1.18. The smallest absolute Gasteiger partial charge is 0.277 e. The zero-order chi connectivity index (χ0) is 12.9. The number of nitrogens with two attached hydrogens (primary N) is 1. The minimum absolute atomic E-state index is 0.168. The molecule has 0 aliphatic rings. The highest BCUT2D eigenvalue weighted by molar-refractivity contribution is 5.78. The molecule has 1 amide bonds. The summed E-state index contributed by atoms with van der Waals surface area (Å²) in [7, 11) is 0. The number of halogens is 3. The van der Waals surface area contributed by atoms with E-state index in [4.69, 9.17) is 5.73 Å². The maximum absolute atomic E-state index is 13.1. The van der Waals surface area contributed by atoms with Crippen molar-refractivity contribution in [3.63, 3.8) is 0 Å². The molecule has 0 fully saturated rings. The summed E-state index contributed by atoms with van der Waals surface area (Å²) in [6, 6.07) is 5.69. The van der Waals surface area contributed by atoms with Crippen LogP contribution >= 0.6 is 0 Å². The summed E-state index contributed by atoms with van der Waals surface area (Å²) in [5.74, 6) is -4.33. The number of hydrogen-bond acceptors (Lipinski definition) is 2. The molecule has 1 aromatic carbocycles. The third-order valence-electron chi connectivity index (χ3n) is 2.15. The van der Waals surface area contributed by atoms with Gasteiger partial charge in [-0.05, 0) is 11.6 Å². The van der Waals surface area contributed by atoms with E-state index in [-0.39, 0.29) is 12.0 Å². The van der Waals surface area contributed by atoms with E-state index in [0.29, 0.717) is 0 Å². The van der Waals surface area contributed by atoms with Crippen molar-refractivity contribution >= 4 is 5.91 Å². The van der Waals surface area contributed by atoms with Crippen LogP contribution in [0.4, 0.5) is 13.2 Å². The number of nitrogens with one attached hydrogen (secondary N) is 1. The molecule has 17 heavy (non-hydrogen) atoms. The van der Waals surface area contributed by atoms with Gasteiger partial charge in [-0.25, -0.2) is 13.2 Å². The van der Waals surface area contributed by atoms with Gasteiger partial charge in [0, 0.05) is 0 Å². The van der Waals surface area contributed by atoms with E-state index in [9.17, 15) is 18.0 Å². The van der Waals surface area contributed by atoms with Crippen LogP contribution in [-0.2, 0) is 11.2 Å². The molecular formula is C11H13F3N2O. The van der Waals surface area contributed by atoms with Crippen molar-refractivity contribution in [2.24, 2.45) is 5.73 Å². The molecule has 0 aromatic heterocycles. The van der Waals surface area contributed by atoms with E-state index < -0.39 is 30.7 Å². The fourth-order valence-corrected chi connectivity index (χ4v) is 1.18. The minimum atomic E-state index is -3.13. The number of carbonyl (C=O) groups excluding carboxylic acids is 1. The van der Waals surface area contributed by atoms with Crippen LogP contribution in [0.5, 0.6) is 0 Å². The largest absolute Gasteiger partial charge is 0.350 e. The first-order valence-electron chi connectivity index (χ1n) is 5.02. The molecule has 0 saturated heterocycles. The van der Waals surface area contributed by atoms with Crippen molar-refractivity contribution in [3.05, 3.63) is 35.6 Å². The van der Waals surface area contributed by atoms with Gasteiger partial charge in [0.15, 0.2) is 0 Å². The van der Waals surface area contributed by atoms with Crippen molar-refractivity contribution in [1.29, 1.82) is 0 Å². The maximum atomic E-state index is 13.1. The topological polar surface area (TPSA) is 55.1 Å². The second-order valence-electron chi connectivity index (χ2n) is 3.60. The van der Waals surface area contributed by atoms with Gasteiger partial charge in [-0.2, -0.15) is 0 Å². The second-order valence-corrected chi connectivity index (χ2v) is 3.60. The fraction of sp³-hybridized carbons (Fsp3) is 0.364. The van der Waals surface area contributed by atoms with E-state index in [1.54, 1.807) is 6.07 Å². The van der Waals surface area contributed by atoms with Crippen molar-refractivity contribution in [1.82, 2.24) is 5.32 Å². The first-order chi connectivity index (χ1) is 7.94. The predicted molar refractivity (Wildman–Crippen MR) is 57.1 cm³/mol. The summed E-state index contributed by atoms with van der Waals surface area (Å²) < 4.78 is 38.6. The van der Waals surface area contributed by atoms with Gasteiger partial charge in [-0.1, -0.05) is 18.2 Å². The summed E-state index contributed by atoms with van der Waals surface area (Å²) >= 11 is 0. The molecule has 1 aromatic rings. The highest BCUT2D eigenvalue weighted by Gasteiger charge is 2.27. The van der Waals surface area contributed by atoms with Gasteiger partial charge in [0.25, 0.3) is 5.92 Å². The van der Waals surface area contributed by atoms with Gasteiger partial charge in [0.05, 0.1) is 19.5 Å². The van der Waals surface area contributed by atoms with Gasteiger partial charge in [-0.15, -0.1) is 0 Å². The standard InChI is InChI=1S/C11H13F3N2O/c12-9-4-2-1-3-8(9)5-10(17)16-7-11(13,14)6-15/h1-4H,5-7,15H2,(H,16,17).